The maximum atomic E-state index is 12.1. The predicted molar refractivity (Wildman–Crippen MR) is 87.1 cm³/mol. The molecule has 2 aromatic rings. The number of aromatic nitrogens is 1. The summed E-state index contributed by atoms with van der Waals surface area (Å²) in [5.41, 5.74) is 6.98. The lowest BCUT2D eigenvalue weighted by atomic mass is 10.0. The van der Waals surface area contributed by atoms with Crippen molar-refractivity contribution in [2.75, 3.05) is 14.2 Å². The third-order valence-corrected chi connectivity index (χ3v) is 4.55. The van der Waals surface area contributed by atoms with Crippen LogP contribution in [0.15, 0.2) is 21.6 Å². The number of halogens is 1. The summed E-state index contributed by atoms with van der Waals surface area (Å²) in [6, 6.07) is 2.51. The van der Waals surface area contributed by atoms with Gasteiger partial charge in [0.15, 0.2) is 12.2 Å². The molecule has 1 aromatic heterocycles. The number of hydrogen-bond donors (Lipinski definition) is 4. The lowest BCUT2D eigenvalue weighted by Gasteiger charge is -2.24. The van der Waals surface area contributed by atoms with E-state index in [0.717, 1.165) is 0 Å². The van der Waals surface area contributed by atoms with Crippen molar-refractivity contribution in [3.63, 3.8) is 0 Å². The zero-order valence-electron chi connectivity index (χ0n) is 12.4. The van der Waals surface area contributed by atoms with Crippen molar-refractivity contribution in [3.05, 3.63) is 27.9 Å². The number of benzene rings is 1. The van der Waals surface area contributed by atoms with Crippen LogP contribution in [0, 0.1) is 0 Å². The number of phenols is 1. The molecule has 2 unspecified atom stereocenters. The third kappa shape index (κ3) is 2.32. The van der Waals surface area contributed by atoms with E-state index in [-0.39, 0.29) is 17.4 Å². The minimum absolute atomic E-state index is 0.0257. The largest absolute Gasteiger partial charge is 0.507 e. The smallest absolute Gasteiger partial charge is 0.354 e. The number of esters is 1. The van der Waals surface area contributed by atoms with E-state index in [9.17, 15) is 15.0 Å². The fourth-order valence-electron chi connectivity index (χ4n) is 2.78. The topological polar surface area (TPSA) is 124 Å². The summed E-state index contributed by atoms with van der Waals surface area (Å²) in [6.45, 7) is 0. The fraction of sp³-hybridized carbons (Fsp3) is 0.286. The number of hydrogen-bond acceptors (Lipinski definition) is 7. The summed E-state index contributed by atoms with van der Waals surface area (Å²) < 4.78 is 5.27. The molecule has 0 amide bonds. The van der Waals surface area contributed by atoms with Gasteiger partial charge in [0.1, 0.15) is 17.5 Å². The number of phenolic OH excluding ortho intramolecular Hbond substituents is 1. The van der Waals surface area contributed by atoms with Crippen molar-refractivity contribution in [3.8, 4) is 5.75 Å². The molecule has 0 bridgehead atoms. The van der Waals surface area contributed by atoms with Crippen LogP contribution in [0.1, 0.15) is 22.1 Å². The number of carbonyl (C=O) groups excluding carboxylic acids is 1. The first-order chi connectivity index (χ1) is 10.8. The lowest BCUT2D eigenvalue weighted by Crippen LogP contribution is -2.34. The molecule has 0 saturated heterocycles. The molecule has 0 saturated carbocycles. The van der Waals surface area contributed by atoms with Crippen LogP contribution in [-0.2, 0) is 4.74 Å². The van der Waals surface area contributed by atoms with Gasteiger partial charge in [0.05, 0.1) is 17.1 Å². The molecule has 2 heterocycles. The van der Waals surface area contributed by atoms with Gasteiger partial charge in [0, 0.05) is 24.1 Å². The molecule has 1 aliphatic heterocycles. The molecule has 0 aliphatic carbocycles. The summed E-state index contributed by atoms with van der Waals surface area (Å²) in [7, 11) is 2.94. The van der Waals surface area contributed by atoms with Crippen LogP contribution in [0.4, 0.5) is 0 Å². The first-order valence-electron chi connectivity index (χ1n) is 6.71. The number of aliphatic imine (C=N–C) groups is 1. The van der Waals surface area contributed by atoms with Gasteiger partial charge in [-0.05, 0) is 22.0 Å². The van der Waals surface area contributed by atoms with E-state index >= 15 is 0 Å². The van der Waals surface area contributed by atoms with Crippen LogP contribution in [0.5, 0.6) is 5.75 Å². The average molecular weight is 383 g/mol. The summed E-state index contributed by atoms with van der Waals surface area (Å²) in [6.07, 6.45) is -1.12. The van der Waals surface area contributed by atoms with Crippen LogP contribution >= 0.6 is 15.9 Å². The maximum Gasteiger partial charge on any atom is 0.354 e. The molecule has 8 nitrogen and oxygen atoms in total. The second-order valence-electron chi connectivity index (χ2n) is 5.21. The van der Waals surface area contributed by atoms with Crippen molar-refractivity contribution < 1.29 is 19.7 Å². The highest BCUT2D eigenvalue weighted by molar-refractivity contribution is 9.10. The van der Waals surface area contributed by atoms with Crippen molar-refractivity contribution in [1.29, 1.82) is 0 Å². The summed E-state index contributed by atoms with van der Waals surface area (Å²) >= 11 is 3.26. The number of guanidine groups is 1. The van der Waals surface area contributed by atoms with Gasteiger partial charge in [-0.3, -0.25) is 0 Å². The molecule has 5 N–H and O–H groups in total. The van der Waals surface area contributed by atoms with Crippen LogP contribution in [-0.4, -0.2) is 52.4 Å². The average Bonchev–Trinajstić information content (AvgIpc) is 2.97. The van der Waals surface area contributed by atoms with Crippen LogP contribution in [0.25, 0.3) is 10.9 Å². The van der Waals surface area contributed by atoms with E-state index in [1.54, 1.807) is 18.0 Å². The third-order valence-electron chi connectivity index (χ3n) is 3.92. The Hall–Kier alpha value is -2.26. The molecule has 0 radical (unpaired) electrons. The van der Waals surface area contributed by atoms with E-state index in [4.69, 9.17) is 10.5 Å². The Morgan fingerprint density at radius 3 is 2.78 bits per heavy atom. The first-order valence-corrected chi connectivity index (χ1v) is 7.51. The van der Waals surface area contributed by atoms with Gasteiger partial charge in [-0.25, -0.2) is 9.79 Å². The van der Waals surface area contributed by atoms with Crippen molar-refractivity contribution in [2.24, 2.45) is 10.7 Å². The van der Waals surface area contributed by atoms with Gasteiger partial charge in [0.25, 0.3) is 0 Å². The second-order valence-corrected chi connectivity index (χ2v) is 6.07. The molecule has 2 atom stereocenters. The number of methoxy groups -OCH3 is 1. The second kappa shape index (κ2) is 5.43. The van der Waals surface area contributed by atoms with Crippen LogP contribution < -0.4 is 5.73 Å². The number of nitrogens with two attached hydrogens (primary N) is 1. The summed E-state index contributed by atoms with van der Waals surface area (Å²) in [5, 5.41) is 20.7. The SMILES string of the molecule is COC(=O)c1[nH]c2cc(O)c(Br)cc2c1C1C(O)N=C(N)N1C. The van der Waals surface area contributed by atoms with Gasteiger partial charge in [-0.2, -0.15) is 0 Å². The maximum absolute atomic E-state index is 12.1. The van der Waals surface area contributed by atoms with Gasteiger partial charge >= 0.3 is 5.97 Å². The standard InChI is InChI=1S/C14H15BrN4O4/c1-19-11(12(21)18-14(19)16)9-5-3-6(15)8(20)4-7(5)17-10(9)13(22)23-2/h3-4,11-12,17,20-21H,1-2H3,(H2,16,18). The van der Waals surface area contributed by atoms with Crippen LogP contribution in [0.3, 0.4) is 0 Å². The Bertz CT molecular complexity index is 832. The van der Waals surface area contributed by atoms with E-state index in [1.807, 2.05) is 0 Å². The molecule has 1 aliphatic rings. The molecule has 3 rings (SSSR count). The molecule has 9 heteroatoms. The Kier molecular flexibility index (Phi) is 3.69. The number of likely N-dealkylation sites (N-methyl/N-ethyl adjacent to an activating group) is 1. The number of aromatic amines is 1. The highest BCUT2D eigenvalue weighted by atomic mass is 79.9. The number of rotatable bonds is 2. The van der Waals surface area contributed by atoms with Crippen molar-refractivity contribution >= 4 is 38.8 Å². The van der Waals surface area contributed by atoms with Gasteiger partial charge in [0.2, 0.25) is 0 Å². The summed E-state index contributed by atoms with van der Waals surface area (Å²) in [4.78, 5) is 20.6. The van der Waals surface area contributed by atoms with Gasteiger partial charge in [-0.15, -0.1) is 0 Å². The predicted octanol–water partition coefficient (Wildman–Crippen LogP) is 1.04. The summed E-state index contributed by atoms with van der Waals surface area (Å²) in [5.74, 6) is -0.388. The zero-order valence-corrected chi connectivity index (χ0v) is 14.0. The molecular formula is C14H15BrN4O4. The minimum atomic E-state index is -1.12. The molecule has 0 fully saturated rings. The van der Waals surface area contributed by atoms with Crippen molar-refractivity contribution in [1.82, 2.24) is 9.88 Å². The quantitative estimate of drug-likeness (QED) is 0.575. The Morgan fingerprint density at radius 1 is 1.52 bits per heavy atom. The highest BCUT2D eigenvalue weighted by Gasteiger charge is 2.38. The van der Waals surface area contributed by atoms with E-state index in [2.05, 4.69) is 25.9 Å². The monoisotopic (exact) mass is 382 g/mol. The number of fused-ring (bicyclic) bond motifs is 1. The van der Waals surface area contributed by atoms with Crippen LogP contribution in [0.2, 0.25) is 0 Å². The van der Waals surface area contributed by atoms with E-state index in [0.29, 0.717) is 20.9 Å². The number of aromatic hydroxyl groups is 1. The molecule has 122 valence electrons. The van der Waals surface area contributed by atoms with Gasteiger partial charge in [-0.1, -0.05) is 0 Å². The molecule has 1 aromatic carbocycles. The fourth-order valence-corrected chi connectivity index (χ4v) is 3.12. The zero-order chi connectivity index (χ0) is 16.9. The molecule has 23 heavy (non-hydrogen) atoms. The highest BCUT2D eigenvalue weighted by Crippen LogP contribution is 2.39. The first kappa shape index (κ1) is 15.6. The van der Waals surface area contributed by atoms with E-state index < -0.39 is 18.2 Å². The Balaban J connectivity index is 2.29. The number of aliphatic hydroxyl groups excluding tert-OH is 1. The lowest BCUT2D eigenvalue weighted by molar-refractivity contribution is 0.0588. The minimum Gasteiger partial charge on any atom is -0.507 e. The van der Waals surface area contributed by atoms with Crippen molar-refractivity contribution in [2.45, 2.75) is 12.3 Å². The number of aliphatic hydroxyl groups is 1. The number of ether oxygens (including phenoxy) is 1. The number of carbonyl (C=O) groups is 1. The number of nitrogens with zero attached hydrogens (tertiary/aromatic N) is 2. The molecule has 0 spiro atoms. The van der Waals surface area contributed by atoms with E-state index in [1.165, 1.54) is 13.2 Å². The number of nitrogens with one attached hydrogen (secondary N) is 1. The molecular weight excluding hydrogens is 368 g/mol. The Morgan fingerprint density at radius 2 is 2.22 bits per heavy atom. The van der Waals surface area contributed by atoms with Gasteiger partial charge < -0.3 is 30.6 Å². The Labute approximate surface area is 139 Å². The normalized spacial score (nSPS) is 20.9. The number of H-pyrrole nitrogens is 1.